The molecule has 282 valence electrons. The average Bonchev–Trinajstić information content (AvgIpc) is 3.56. The molecule has 9 rings (SSSR count). The monoisotopic (exact) mass is 775 g/mol. The quantitative estimate of drug-likeness (QED) is 0.132. The second-order valence-corrected chi connectivity index (χ2v) is 15.1. The number of carboxylic acids is 1. The number of allylic oxidation sites excluding steroid dienone is 3. The summed E-state index contributed by atoms with van der Waals surface area (Å²) in [6.07, 6.45) is 3.72. The molecule has 12 nitrogen and oxygen atoms in total. The molecule has 0 spiro atoms. The predicted octanol–water partition coefficient (Wildman–Crippen LogP) is 6.13. The first-order valence-corrected chi connectivity index (χ1v) is 18.2. The number of phenols is 2. The molecule has 4 N–H and O–H groups in total. The van der Waals surface area contributed by atoms with Gasteiger partial charge < -0.3 is 20.1 Å². The van der Waals surface area contributed by atoms with E-state index in [0.717, 1.165) is 22.0 Å². The molecule has 4 amide bonds. The molecule has 3 aliphatic heterocycles. The Morgan fingerprint density at radius 1 is 0.893 bits per heavy atom. The van der Waals surface area contributed by atoms with Crippen molar-refractivity contribution in [2.45, 2.75) is 24.7 Å². The molecule has 3 heterocycles. The molecule has 0 aromatic heterocycles. The number of aromatic carboxylic acids is 1. The molecule has 0 unspecified atom stereocenters. The molecule has 0 bridgehead atoms. The summed E-state index contributed by atoms with van der Waals surface area (Å²) < 4.78 is 20.1. The highest BCUT2D eigenvalue weighted by Gasteiger charge is 2.70. The van der Waals surface area contributed by atoms with Crippen LogP contribution in [0.2, 0.25) is 5.02 Å². The third kappa shape index (κ3) is 5.14. The van der Waals surface area contributed by atoms with Crippen molar-refractivity contribution < 1.29 is 48.4 Å². The van der Waals surface area contributed by atoms with Crippen LogP contribution in [-0.2, 0) is 31.0 Å². The van der Waals surface area contributed by atoms with E-state index in [0.29, 0.717) is 33.0 Å². The van der Waals surface area contributed by atoms with Gasteiger partial charge in [0.25, 0.3) is 11.8 Å². The van der Waals surface area contributed by atoms with E-state index < -0.39 is 81.7 Å². The van der Waals surface area contributed by atoms with E-state index in [-0.39, 0.29) is 36.4 Å². The summed E-state index contributed by atoms with van der Waals surface area (Å²) in [5, 5.41) is 31.7. The third-order valence-electron chi connectivity index (χ3n) is 11.9. The van der Waals surface area contributed by atoms with Gasteiger partial charge in [-0.15, -0.1) is 0 Å². The second kappa shape index (κ2) is 12.8. The molecule has 3 fully saturated rings. The van der Waals surface area contributed by atoms with E-state index in [9.17, 15) is 38.9 Å². The smallest absolute Gasteiger partial charge is 0.339 e. The Balaban J connectivity index is 1.21. The van der Waals surface area contributed by atoms with Crippen LogP contribution in [0.4, 0.5) is 15.8 Å². The number of carboxylic acid groups (broad SMARTS) is 1. The number of imide groups is 2. The van der Waals surface area contributed by atoms with Crippen LogP contribution in [0.1, 0.15) is 34.3 Å². The minimum atomic E-state index is -1.63. The zero-order valence-electron chi connectivity index (χ0n) is 29.2. The maximum Gasteiger partial charge on any atom is 0.339 e. The first kappa shape index (κ1) is 35.2. The zero-order chi connectivity index (χ0) is 39.2. The average molecular weight is 776 g/mol. The van der Waals surface area contributed by atoms with E-state index in [1.54, 1.807) is 42.7 Å². The molecule has 2 saturated heterocycles. The van der Waals surface area contributed by atoms with Crippen LogP contribution in [0.25, 0.3) is 0 Å². The number of fused-ring (bicyclic) bond motifs is 5. The molecule has 4 aromatic rings. The number of hydrogen-bond donors (Lipinski definition) is 4. The first-order chi connectivity index (χ1) is 26.9. The van der Waals surface area contributed by atoms with Crippen molar-refractivity contribution in [3.05, 3.63) is 136 Å². The molecular formula is C42H31ClFN3O9. The predicted molar refractivity (Wildman–Crippen MR) is 198 cm³/mol. The van der Waals surface area contributed by atoms with Gasteiger partial charge in [-0.25, -0.2) is 14.1 Å². The summed E-state index contributed by atoms with van der Waals surface area (Å²) in [6.45, 7) is 0. The number of amides is 4. The molecule has 6 atom stereocenters. The summed E-state index contributed by atoms with van der Waals surface area (Å²) >= 11 is 6.37. The fourth-order valence-electron chi connectivity index (χ4n) is 9.57. The van der Waals surface area contributed by atoms with E-state index >= 15 is 4.79 Å². The Kier molecular flexibility index (Phi) is 8.06. The third-order valence-corrected chi connectivity index (χ3v) is 12.1. The molecular weight excluding hydrogens is 745 g/mol. The van der Waals surface area contributed by atoms with Crippen LogP contribution in [0.15, 0.2) is 108 Å². The van der Waals surface area contributed by atoms with Gasteiger partial charge in [-0.05, 0) is 96.6 Å². The Morgan fingerprint density at radius 2 is 1.64 bits per heavy atom. The molecule has 14 heteroatoms. The van der Waals surface area contributed by atoms with Crippen LogP contribution in [0.3, 0.4) is 0 Å². The number of nitrogens with zero attached hydrogens (tertiary/aromatic N) is 2. The summed E-state index contributed by atoms with van der Waals surface area (Å²) in [4.78, 5) is 71.4. The number of carbonyl (C=O) groups is 5. The van der Waals surface area contributed by atoms with Gasteiger partial charge in [0.1, 0.15) is 28.6 Å². The molecule has 4 aromatic carbocycles. The lowest BCUT2D eigenvalue weighted by Gasteiger charge is -2.51. The van der Waals surface area contributed by atoms with Crippen LogP contribution < -0.4 is 15.1 Å². The minimum absolute atomic E-state index is 0.000454. The van der Waals surface area contributed by atoms with Crippen LogP contribution in [0.5, 0.6) is 17.2 Å². The van der Waals surface area contributed by atoms with Gasteiger partial charge in [0, 0.05) is 29.0 Å². The van der Waals surface area contributed by atoms with Gasteiger partial charge in [0.05, 0.1) is 40.8 Å². The van der Waals surface area contributed by atoms with Gasteiger partial charge in [-0.1, -0.05) is 35.4 Å². The molecule has 2 aliphatic carbocycles. The topological polar surface area (TPSA) is 174 Å². The fourth-order valence-corrected chi connectivity index (χ4v) is 9.69. The maximum absolute atomic E-state index is 15.4. The Hall–Kier alpha value is -6.47. The van der Waals surface area contributed by atoms with E-state index in [2.05, 4.69) is 5.43 Å². The van der Waals surface area contributed by atoms with Crippen molar-refractivity contribution in [2.24, 2.45) is 29.6 Å². The lowest BCUT2D eigenvalue weighted by Crippen LogP contribution is -2.55. The van der Waals surface area contributed by atoms with Gasteiger partial charge in [0.15, 0.2) is 0 Å². The number of benzene rings is 4. The van der Waals surface area contributed by atoms with E-state index in [4.69, 9.17) is 16.3 Å². The highest BCUT2D eigenvalue weighted by molar-refractivity contribution is 6.30. The number of hydrogen-bond acceptors (Lipinski definition) is 9. The number of carbonyl (C=O) groups excluding carboxylic acids is 4. The first-order valence-electron chi connectivity index (χ1n) is 17.9. The van der Waals surface area contributed by atoms with Crippen molar-refractivity contribution in [3.8, 4) is 17.2 Å². The van der Waals surface area contributed by atoms with Crippen LogP contribution in [-0.4, -0.2) is 49.9 Å². The van der Waals surface area contributed by atoms with Crippen molar-refractivity contribution in [1.29, 1.82) is 0 Å². The highest BCUT2D eigenvalue weighted by Crippen LogP contribution is 2.63. The van der Waals surface area contributed by atoms with E-state index in [1.807, 2.05) is 6.08 Å². The van der Waals surface area contributed by atoms with Crippen LogP contribution in [0, 0.1) is 35.4 Å². The molecule has 1 saturated carbocycles. The summed E-state index contributed by atoms with van der Waals surface area (Å²) in [5.74, 6) is -8.91. The van der Waals surface area contributed by atoms with Crippen molar-refractivity contribution >= 4 is 52.6 Å². The molecule has 5 aliphatic rings. The molecule has 0 radical (unpaired) electrons. The Bertz CT molecular complexity index is 2470. The van der Waals surface area contributed by atoms with Gasteiger partial charge in [0.2, 0.25) is 11.8 Å². The summed E-state index contributed by atoms with van der Waals surface area (Å²) in [7, 11) is 0. The lowest BCUT2D eigenvalue weighted by atomic mass is 9.48. The SMILES string of the molecule is O=C(O)c1ccc(N2C(=O)[C@H]3[C@H](CC=C4[C@H](C5=COc6ccc(O)cc6C5)[C@]5(c6ccc(Cl)cc6)C(=O)N(Nc6ccc(F)cc6)C(=O)[C@@H]5C[C@H]43)C2=O)cc1O. The number of aromatic hydroxyl groups is 2. The van der Waals surface area contributed by atoms with Gasteiger partial charge in [-0.3, -0.25) is 24.6 Å². The number of rotatable bonds is 6. The Labute approximate surface area is 323 Å². The summed E-state index contributed by atoms with van der Waals surface area (Å²) in [6, 6.07) is 20.0. The zero-order valence-corrected chi connectivity index (χ0v) is 29.9. The van der Waals surface area contributed by atoms with Crippen molar-refractivity contribution in [3.63, 3.8) is 0 Å². The number of ether oxygens (including phenoxy) is 1. The fraction of sp³-hybridized carbons (Fsp3) is 0.214. The number of halogens is 2. The van der Waals surface area contributed by atoms with Crippen LogP contribution >= 0.6 is 11.6 Å². The number of phenolic OH excluding ortho intramolecular Hbond substituents is 1. The second-order valence-electron chi connectivity index (χ2n) is 14.7. The lowest BCUT2D eigenvalue weighted by molar-refractivity contribution is -0.139. The van der Waals surface area contributed by atoms with Gasteiger partial charge in [-0.2, -0.15) is 5.01 Å². The maximum atomic E-state index is 15.4. The largest absolute Gasteiger partial charge is 0.508 e. The minimum Gasteiger partial charge on any atom is -0.508 e. The number of hydrazine groups is 1. The number of anilines is 2. The summed E-state index contributed by atoms with van der Waals surface area (Å²) in [5.41, 5.74) is 3.52. The number of nitrogens with one attached hydrogen (secondary N) is 1. The molecule has 56 heavy (non-hydrogen) atoms. The standard InChI is InChI=1S/C42H31ClFN3O9/c43-23-3-1-22(2-4-23)42-32(38(51)47(41(42)55)45-25-7-5-24(44)6-8-25)18-31-28(36(42)21-15-20-16-27(48)10-14-34(20)56-19-21)12-13-30-35(31)39(52)46(37(30)50)26-9-11-29(40(53)54)33(49)17-26/h1-12,14,16-17,19,30-32,35-36,45,48-49H,13,15,18H2,(H,53,54)/t30-,31+,32-,35-,36-,42+/m0/s1. The van der Waals surface area contributed by atoms with Gasteiger partial charge >= 0.3 is 5.97 Å². The van der Waals surface area contributed by atoms with E-state index in [1.165, 1.54) is 36.4 Å². The van der Waals surface area contributed by atoms with Crippen molar-refractivity contribution in [2.75, 3.05) is 10.3 Å². The normalized spacial score (nSPS) is 26.4. The highest BCUT2D eigenvalue weighted by atomic mass is 35.5. The Morgan fingerprint density at radius 3 is 2.36 bits per heavy atom. The van der Waals surface area contributed by atoms with Crippen molar-refractivity contribution in [1.82, 2.24) is 5.01 Å².